The van der Waals surface area contributed by atoms with Crippen molar-refractivity contribution in [3.63, 3.8) is 0 Å². The number of benzene rings is 1. The number of carbonyl (C=O) groups excluding carboxylic acids is 11. The van der Waals surface area contributed by atoms with Crippen LogP contribution in [0.25, 0.3) is 0 Å². The Kier molecular flexibility index (Phi) is 23.4. The van der Waals surface area contributed by atoms with Crippen LogP contribution < -0.4 is 65.5 Å². The van der Waals surface area contributed by atoms with E-state index >= 15 is 0 Å². The van der Waals surface area contributed by atoms with Crippen LogP contribution in [0.2, 0.25) is 0 Å². The van der Waals surface area contributed by atoms with Crippen LogP contribution in [0, 0.1) is 16.7 Å². The lowest BCUT2D eigenvalue weighted by molar-refractivity contribution is -0.137. The van der Waals surface area contributed by atoms with Gasteiger partial charge < -0.3 is 70.6 Å². The summed E-state index contributed by atoms with van der Waals surface area (Å²) in [7, 11) is 1.97. The number of primary amides is 3. The van der Waals surface area contributed by atoms with Gasteiger partial charge in [0.25, 0.3) is 0 Å². The molecule has 0 aliphatic carbocycles. The summed E-state index contributed by atoms with van der Waals surface area (Å²) in [6, 6.07) is -5.68. The summed E-state index contributed by atoms with van der Waals surface area (Å²) in [5, 5.41) is 30.1. The van der Waals surface area contributed by atoms with E-state index in [0.717, 1.165) is 21.6 Å². The number of hydrogen-bond donors (Lipinski definition) is 13. The van der Waals surface area contributed by atoms with Gasteiger partial charge in [-0.05, 0) is 47.3 Å². The fourth-order valence-electron chi connectivity index (χ4n) is 6.71. The van der Waals surface area contributed by atoms with Crippen LogP contribution in [0.3, 0.4) is 0 Å². The number of hydrogen-bond acceptors (Lipinski definition) is 15. The Labute approximate surface area is 414 Å². The molecule has 0 aromatic heterocycles. The molecule has 11 amide bonds. The molecule has 1 aromatic carbocycles. The molecule has 1 aliphatic rings. The van der Waals surface area contributed by atoms with Crippen molar-refractivity contribution in [2.45, 2.75) is 136 Å². The summed E-state index contributed by atoms with van der Waals surface area (Å²) in [6.45, 7) is 12.8. The maximum absolute atomic E-state index is 14.3. The fraction of sp³-hybridized carbons (Fsp3) is 0.614. The fourth-order valence-corrected chi connectivity index (χ4v) is 9.00. The van der Waals surface area contributed by atoms with E-state index in [1.54, 1.807) is 55.4 Å². The minimum absolute atomic E-state index is 0.0555. The predicted octanol–water partition coefficient (Wildman–Crippen LogP) is -3.07. The minimum Gasteiger partial charge on any atom is -0.508 e. The summed E-state index contributed by atoms with van der Waals surface area (Å²) in [5.41, 5.74) is 20.8. The number of rotatable bonds is 16. The Morgan fingerprint density at radius 2 is 1.26 bits per heavy atom. The lowest BCUT2D eigenvalue weighted by Gasteiger charge is -2.34. The van der Waals surface area contributed by atoms with Crippen LogP contribution in [0.4, 0.5) is 0 Å². The molecule has 1 fully saturated rings. The predicted molar refractivity (Wildman–Crippen MR) is 261 cm³/mol. The van der Waals surface area contributed by atoms with Crippen LogP contribution in [0.5, 0.6) is 5.75 Å². The lowest BCUT2D eigenvalue weighted by atomic mass is 9.85. The van der Waals surface area contributed by atoms with E-state index < -0.39 is 150 Å². The van der Waals surface area contributed by atoms with Gasteiger partial charge in [-0.1, -0.05) is 89.1 Å². The molecule has 0 unspecified atom stereocenters. The second-order valence-electron chi connectivity index (χ2n) is 19.5. The van der Waals surface area contributed by atoms with E-state index in [4.69, 9.17) is 22.9 Å². The second-order valence-corrected chi connectivity index (χ2v) is 22.0. The first kappa shape index (κ1) is 60.0. The Morgan fingerprint density at radius 1 is 0.700 bits per heavy atom. The first-order chi connectivity index (χ1) is 32.4. The van der Waals surface area contributed by atoms with Gasteiger partial charge in [0.2, 0.25) is 65.0 Å². The van der Waals surface area contributed by atoms with E-state index in [1.807, 2.05) is 0 Å². The van der Waals surface area contributed by atoms with Crippen molar-refractivity contribution in [2.24, 2.45) is 39.7 Å². The highest BCUT2D eigenvalue weighted by Gasteiger charge is 2.40. The summed E-state index contributed by atoms with van der Waals surface area (Å²) in [6.07, 6.45) is -1.67. The molecule has 26 heteroatoms. The average Bonchev–Trinajstić information content (AvgIpc) is 3.24. The summed E-state index contributed by atoms with van der Waals surface area (Å²) in [4.78, 5) is 147. The molecule has 8 atom stereocenters. The van der Waals surface area contributed by atoms with Crippen molar-refractivity contribution >= 4 is 86.6 Å². The molecule has 0 saturated carbocycles. The van der Waals surface area contributed by atoms with Crippen molar-refractivity contribution in [3.8, 4) is 5.75 Å². The molecule has 24 nitrogen and oxygen atoms in total. The maximum atomic E-state index is 14.3. The van der Waals surface area contributed by atoms with Gasteiger partial charge in [0.15, 0.2) is 0 Å². The minimum atomic E-state index is -1.79. The highest BCUT2D eigenvalue weighted by Crippen LogP contribution is 2.25. The molecule has 2 rings (SSSR count). The zero-order chi connectivity index (χ0) is 53.3. The molecule has 1 saturated heterocycles. The summed E-state index contributed by atoms with van der Waals surface area (Å²) >= 11 is 0. The number of phenolic OH excluding ortho intramolecular Hbond substituents is 1. The molecule has 0 spiro atoms. The van der Waals surface area contributed by atoms with Gasteiger partial charge >= 0.3 is 0 Å². The van der Waals surface area contributed by atoms with E-state index in [-0.39, 0.29) is 36.0 Å². The van der Waals surface area contributed by atoms with Crippen molar-refractivity contribution in [3.05, 3.63) is 29.8 Å². The molecule has 390 valence electrons. The third kappa shape index (κ3) is 20.8. The van der Waals surface area contributed by atoms with Crippen molar-refractivity contribution in [2.75, 3.05) is 18.1 Å². The van der Waals surface area contributed by atoms with Gasteiger partial charge in [0.1, 0.15) is 48.0 Å². The molecular formula is C44H70N12O12S2. The molecule has 1 aliphatic heterocycles. The van der Waals surface area contributed by atoms with Gasteiger partial charge in [-0.15, -0.1) is 0 Å². The first-order valence-electron chi connectivity index (χ1n) is 22.4. The number of nitrogens with one attached hydrogen (secondary N) is 8. The standard InChI is InChI=1S/C44H70N12O12S2/c1-21(2)15-26(36(62)49-18-32(48)60)53-42(68)34(44(6,7)8)56-40(66)29-20-70-69-19-24(45)35(61)51-27(16-22-9-11-23(57)12-10-22)39(65)55-33(43(3,4)5)41(67)50-25(13-14-30(46)58)37(63)52-28(17-31(47)59)38(64)54-29/h9-12,21,24-29,33-34,57H,13-20,45H2,1-8H3,(H2,46,58)(H2,47,59)(H2,48,60)(H,49,62)(H,50,67)(H,51,61)(H,52,63)(H,53,68)(H,54,64)(H,55,65)(H,56,66)/t24-,25-,26-,27-,28-,29-,33+,34-/m0/s1. The van der Waals surface area contributed by atoms with E-state index in [9.17, 15) is 57.8 Å². The topological polar surface area (TPSA) is 408 Å². The molecule has 70 heavy (non-hydrogen) atoms. The SMILES string of the molecule is CC(C)C[C@H](NC(=O)[C@H](NC(=O)[C@@H]1CSSC[C@H](N)C(=O)N[C@@H](Cc2ccc(O)cc2)C(=O)N[C@@H](C(C)(C)C)C(=O)N[C@@H](CCC(N)=O)C(=O)N[C@@H](CC(N)=O)C(=O)N1)C(C)(C)C)C(=O)NCC(N)=O. The Hall–Kier alpha value is -6.15. The number of phenols is 1. The van der Waals surface area contributed by atoms with E-state index in [0.29, 0.717) is 5.56 Å². The van der Waals surface area contributed by atoms with Gasteiger partial charge in [0.05, 0.1) is 19.0 Å². The number of nitrogens with two attached hydrogens (primary N) is 4. The third-order valence-electron chi connectivity index (χ3n) is 10.5. The number of carbonyl (C=O) groups is 11. The average molecular weight is 1020 g/mol. The number of aromatic hydroxyl groups is 1. The number of amides is 11. The molecule has 0 radical (unpaired) electrons. The van der Waals surface area contributed by atoms with E-state index in [2.05, 4.69) is 42.5 Å². The smallest absolute Gasteiger partial charge is 0.244 e. The van der Waals surface area contributed by atoms with Crippen LogP contribution in [-0.2, 0) is 59.2 Å². The van der Waals surface area contributed by atoms with E-state index in [1.165, 1.54) is 24.3 Å². The van der Waals surface area contributed by atoms with Gasteiger partial charge in [-0.25, -0.2) is 0 Å². The largest absolute Gasteiger partial charge is 0.508 e. The maximum Gasteiger partial charge on any atom is 0.244 e. The quantitative estimate of drug-likeness (QED) is 0.0731. The van der Waals surface area contributed by atoms with Crippen LogP contribution in [-0.4, -0.2) is 136 Å². The monoisotopic (exact) mass is 1020 g/mol. The Bertz CT molecular complexity index is 2080. The molecular weight excluding hydrogens is 953 g/mol. The zero-order valence-electron chi connectivity index (χ0n) is 40.7. The van der Waals surface area contributed by atoms with Crippen LogP contribution >= 0.6 is 21.6 Å². The van der Waals surface area contributed by atoms with Gasteiger partial charge in [0, 0.05) is 24.3 Å². The summed E-state index contributed by atoms with van der Waals surface area (Å²) < 4.78 is 0. The van der Waals surface area contributed by atoms with Crippen LogP contribution in [0.15, 0.2) is 24.3 Å². The first-order valence-corrected chi connectivity index (χ1v) is 24.9. The van der Waals surface area contributed by atoms with Gasteiger partial charge in [-0.2, -0.15) is 0 Å². The molecule has 1 heterocycles. The van der Waals surface area contributed by atoms with Gasteiger partial charge in [-0.3, -0.25) is 52.7 Å². The second kappa shape index (κ2) is 27.3. The molecule has 0 bridgehead atoms. The Balaban J connectivity index is 2.68. The molecule has 1 aromatic rings. The van der Waals surface area contributed by atoms with Crippen molar-refractivity contribution in [1.82, 2.24) is 42.5 Å². The third-order valence-corrected chi connectivity index (χ3v) is 12.9. The summed E-state index contributed by atoms with van der Waals surface area (Å²) in [5.74, 6) is -10.5. The normalized spacial score (nSPS) is 22.3. The lowest BCUT2D eigenvalue weighted by Crippen LogP contribution is -2.63. The highest BCUT2D eigenvalue weighted by atomic mass is 33.1. The molecule has 17 N–H and O–H groups in total. The van der Waals surface area contributed by atoms with Crippen molar-refractivity contribution < 1.29 is 57.8 Å². The zero-order valence-corrected chi connectivity index (χ0v) is 42.4. The Morgan fingerprint density at radius 3 is 1.80 bits per heavy atom. The van der Waals surface area contributed by atoms with Crippen molar-refractivity contribution in [1.29, 1.82) is 0 Å². The van der Waals surface area contributed by atoms with Crippen LogP contribution in [0.1, 0.15) is 86.6 Å². The highest BCUT2D eigenvalue weighted by molar-refractivity contribution is 8.76.